The molecule has 2 heterocycles. The molecule has 0 aliphatic carbocycles. The highest BCUT2D eigenvalue weighted by atomic mass is 32.1. The number of pyridine rings is 1. The van der Waals surface area contributed by atoms with E-state index < -0.39 is 0 Å². The van der Waals surface area contributed by atoms with Crippen LogP contribution in [0.2, 0.25) is 0 Å². The zero-order valence-electron chi connectivity index (χ0n) is 14.4. The lowest BCUT2D eigenvalue weighted by atomic mass is 10.2. The number of ether oxygens (including phenoxy) is 2. The molecular formula is C19H21N3O2S. The summed E-state index contributed by atoms with van der Waals surface area (Å²) >= 11 is 1.68. The molecule has 0 atom stereocenters. The molecule has 0 unspecified atom stereocenters. The van der Waals surface area contributed by atoms with Crippen molar-refractivity contribution in [3.63, 3.8) is 0 Å². The van der Waals surface area contributed by atoms with E-state index in [0.717, 1.165) is 46.4 Å². The molecule has 0 bridgehead atoms. The first-order valence-electron chi connectivity index (χ1n) is 8.05. The van der Waals surface area contributed by atoms with Gasteiger partial charge in [0.2, 0.25) is 0 Å². The average molecular weight is 355 g/mol. The van der Waals surface area contributed by atoms with Crippen LogP contribution in [-0.4, -0.2) is 17.1 Å². The van der Waals surface area contributed by atoms with Crippen LogP contribution in [0.1, 0.15) is 21.8 Å². The number of benzene rings is 1. The Morgan fingerprint density at radius 1 is 1.12 bits per heavy atom. The molecule has 0 saturated carbocycles. The minimum absolute atomic E-state index is 0.458. The molecule has 3 aromatic rings. The van der Waals surface area contributed by atoms with Gasteiger partial charge < -0.3 is 14.8 Å². The molecule has 0 spiro atoms. The van der Waals surface area contributed by atoms with Crippen LogP contribution in [0.5, 0.6) is 11.5 Å². The molecule has 0 amide bonds. The normalized spacial score (nSPS) is 10.6. The molecule has 0 aliphatic rings. The summed E-state index contributed by atoms with van der Waals surface area (Å²) in [6, 6.07) is 9.87. The number of hydrogen-bond acceptors (Lipinski definition) is 6. The molecule has 0 radical (unpaired) electrons. The third-order valence-electron chi connectivity index (χ3n) is 3.62. The van der Waals surface area contributed by atoms with Gasteiger partial charge in [-0.25, -0.2) is 4.98 Å². The Balaban J connectivity index is 1.60. The largest absolute Gasteiger partial charge is 0.493 e. The second-order valence-corrected chi connectivity index (χ2v) is 6.56. The number of rotatable bonds is 8. The Morgan fingerprint density at radius 2 is 2.04 bits per heavy atom. The van der Waals surface area contributed by atoms with Gasteiger partial charge in [-0.1, -0.05) is 12.1 Å². The van der Waals surface area contributed by atoms with Crippen LogP contribution in [0.3, 0.4) is 0 Å². The predicted octanol–water partition coefficient (Wildman–Crippen LogP) is 3.72. The number of nitrogens with zero attached hydrogens (tertiary/aromatic N) is 2. The molecule has 130 valence electrons. The van der Waals surface area contributed by atoms with E-state index in [1.54, 1.807) is 30.8 Å². The maximum absolute atomic E-state index is 5.92. The van der Waals surface area contributed by atoms with Gasteiger partial charge in [0.25, 0.3) is 0 Å². The number of aromatic nitrogens is 2. The summed E-state index contributed by atoms with van der Waals surface area (Å²) in [6.07, 6.45) is 3.55. The minimum Gasteiger partial charge on any atom is -0.493 e. The highest BCUT2D eigenvalue weighted by Gasteiger charge is 2.07. The van der Waals surface area contributed by atoms with Crippen molar-refractivity contribution in [2.24, 2.45) is 0 Å². The fraction of sp³-hybridized carbons (Fsp3) is 0.263. The monoisotopic (exact) mass is 355 g/mol. The van der Waals surface area contributed by atoms with Crippen molar-refractivity contribution in [2.75, 3.05) is 7.11 Å². The van der Waals surface area contributed by atoms with Crippen LogP contribution in [0, 0.1) is 6.92 Å². The fourth-order valence-corrected chi connectivity index (χ4v) is 3.13. The van der Waals surface area contributed by atoms with Gasteiger partial charge in [-0.05, 0) is 30.7 Å². The second-order valence-electron chi connectivity index (χ2n) is 5.62. The Bertz CT molecular complexity index is 805. The van der Waals surface area contributed by atoms with E-state index in [1.807, 2.05) is 37.3 Å². The van der Waals surface area contributed by atoms with Crippen molar-refractivity contribution in [2.45, 2.75) is 26.6 Å². The Labute approximate surface area is 151 Å². The van der Waals surface area contributed by atoms with Gasteiger partial charge in [0.1, 0.15) is 11.6 Å². The zero-order valence-corrected chi connectivity index (χ0v) is 15.2. The molecule has 1 aromatic carbocycles. The molecule has 1 N–H and O–H groups in total. The van der Waals surface area contributed by atoms with Crippen LogP contribution in [0.25, 0.3) is 0 Å². The third-order valence-corrected chi connectivity index (χ3v) is 4.58. The van der Waals surface area contributed by atoms with Gasteiger partial charge in [-0.15, -0.1) is 11.3 Å². The summed E-state index contributed by atoms with van der Waals surface area (Å²) in [5.41, 5.74) is 3.22. The van der Waals surface area contributed by atoms with Gasteiger partial charge in [0, 0.05) is 42.1 Å². The predicted molar refractivity (Wildman–Crippen MR) is 99.0 cm³/mol. The first-order chi connectivity index (χ1) is 12.2. The van der Waals surface area contributed by atoms with Crippen molar-refractivity contribution < 1.29 is 9.47 Å². The summed E-state index contributed by atoms with van der Waals surface area (Å²) in [7, 11) is 1.65. The van der Waals surface area contributed by atoms with Crippen molar-refractivity contribution in [1.82, 2.24) is 15.3 Å². The number of methoxy groups -OCH3 is 1. The maximum atomic E-state index is 5.92. The van der Waals surface area contributed by atoms with Crippen molar-refractivity contribution in [3.05, 3.63) is 69.9 Å². The summed E-state index contributed by atoms with van der Waals surface area (Å²) in [6.45, 7) is 3.97. The highest BCUT2D eigenvalue weighted by molar-refractivity contribution is 7.09. The van der Waals surface area contributed by atoms with E-state index in [0.29, 0.717) is 6.61 Å². The first-order valence-corrected chi connectivity index (χ1v) is 8.93. The van der Waals surface area contributed by atoms with Gasteiger partial charge in [0.05, 0.1) is 7.11 Å². The van der Waals surface area contributed by atoms with E-state index >= 15 is 0 Å². The molecule has 0 aliphatic heterocycles. The van der Waals surface area contributed by atoms with Crippen molar-refractivity contribution in [3.8, 4) is 11.5 Å². The van der Waals surface area contributed by atoms with Gasteiger partial charge in [-0.3, -0.25) is 4.98 Å². The molecule has 25 heavy (non-hydrogen) atoms. The Morgan fingerprint density at radius 3 is 2.76 bits per heavy atom. The van der Waals surface area contributed by atoms with E-state index in [4.69, 9.17) is 9.47 Å². The van der Waals surface area contributed by atoms with E-state index in [2.05, 4.69) is 20.7 Å². The van der Waals surface area contributed by atoms with Crippen LogP contribution in [-0.2, 0) is 19.7 Å². The van der Waals surface area contributed by atoms with Gasteiger partial charge >= 0.3 is 0 Å². The molecule has 0 fully saturated rings. The maximum Gasteiger partial charge on any atom is 0.161 e. The highest BCUT2D eigenvalue weighted by Crippen LogP contribution is 2.28. The van der Waals surface area contributed by atoms with Gasteiger partial charge in [-0.2, -0.15) is 0 Å². The summed E-state index contributed by atoms with van der Waals surface area (Å²) in [5, 5.41) is 6.57. The SMILES string of the molecule is COc1ccc(CNCc2nc(C)cs2)cc1OCc1cccnc1. The van der Waals surface area contributed by atoms with Crippen LogP contribution in [0.4, 0.5) is 0 Å². The van der Waals surface area contributed by atoms with Crippen molar-refractivity contribution in [1.29, 1.82) is 0 Å². The van der Waals surface area contributed by atoms with Gasteiger partial charge in [0.15, 0.2) is 11.5 Å². The summed E-state index contributed by atoms with van der Waals surface area (Å²) in [4.78, 5) is 8.56. The average Bonchev–Trinajstić information content (AvgIpc) is 3.06. The summed E-state index contributed by atoms with van der Waals surface area (Å²) < 4.78 is 11.3. The number of hydrogen-bond donors (Lipinski definition) is 1. The molecule has 6 heteroatoms. The van der Waals surface area contributed by atoms with Crippen LogP contribution < -0.4 is 14.8 Å². The lowest BCUT2D eigenvalue weighted by molar-refractivity contribution is 0.283. The standard InChI is InChI=1S/C19H21N3O2S/c1-14-13-25-19(22-14)11-21-9-15-5-6-17(23-2)18(8-15)24-12-16-4-3-7-20-10-16/h3-8,10,13,21H,9,11-12H2,1-2H3. The smallest absolute Gasteiger partial charge is 0.161 e. The zero-order chi connectivity index (χ0) is 17.5. The Kier molecular flexibility index (Phi) is 5.98. The van der Waals surface area contributed by atoms with Crippen LogP contribution in [0.15, 0.2) is 48.1 Å². The molecule has 2 aromatic heterocycles. The topological polar surface area (TPSA) is 56.3 Å². The number of nitrogens with one attached hydrogen (secondary N) is 1. The lowest BCUT2D eigenvalue weighted by Gasteiger charge is -2.12. The third kappa shape index (κ3) is 5.01. The fourth-order valence-electron chi connectivity index (χ4n) is 2.39. The molecule has 5 nitrogen and oxygen atoms in total. The number of thiazole rings is 1. The van der Waals surface area contributed by atoms with E-state index in [1.165, 1.54) is 0 Å². The van der Waals surface area contributed by atoms with E-state index in [9.17, 15) is 0 Å². The quantitative estimate of drug-likeness (QED) is 0.667. The minimum atomic E-state index is 0.458. The van der Waals surface area contributed by atoms with Crippen molar-refractivity contribution >= 4 is 11.3 Å². The molecule has 3 rings (SSSR count). The second kappa shape index (κ2) is 8.60. The first kappa shape index (κ1) is 17.4. The molecule has 0 saturated heterocycles. The van der Waals surface area contributed by atoms with Crippen LogP contribution >= 0.6 is 11.3 Å². The Hall–Kier alpha value is -2.44. The lowest BCUT2D eigenvalue weighted by Crippen LogP contribution is -2.12. The molecular weight excluding hydrogens is 334 g/mol. The number of aryl methyl sites for hydroxylation is 1. The van der Waals surface area contributed by atoms with E-state index in [-0.39, 0.29) is 0 Å². The summed E-state index contributed by atoms with van der Waals surface area (Å²) in [5.74, 6) is 1.46.